The Balaban J connectivity index is 1.55. The SMILES string of the molecule is CCn1nc(C)c(CNC[C@H]2COc3ccccc3O2)c1C. The van der Waals surface area contributed by atoms with Crippen molar-refractivity contribution in [1.82, 2.24) is 15.1 Å². The lowest BCUT2D eigenvalue weighted by atomic mass is 10.2. The van der Waals surface area contributed by atoms with Crippen LogP contribution in [0.5, 0.6) is 11.5 Å². The fourth-order valence-electron chi connectivity index (χ4n) is 2.82. The number of para-hydroxylation sites is 2. The van der Waals surface area contributed by atoms with Gasteiger partial charge in [-0.1, -0.05) is 12.1 Å². The van der Waals surface area contributed by atoms with Crippen LogP contribution < -0.4 is 14.8 Å². The van der Waals surface area contributed by atoms with Gasteiger partial charge < -0.3 is 14.8 Å². The molecule has 0 saturated heterocycles. The Kier molecular flexibility index (Phi) is 4.34. The van der Waals surface area contributed by atoms with Crippen LogP contribution in [0.1, 0.15) is 23.9 Å². The lowest BCUT2D eigenvalue weighted by Crippen LogP contribution is -2.38. The Morgan fingerprint density at radius 2 is 2.05 bits per heavy atom. The van der Waals surface area contributed by atoms with E-state index in [0.717, 1.165) is 36.8 Å². The van der Waals surface area contributed by atoms with Gasteiger partial charge in [-0.25, -0.2) is 0 Å². The zero-order chi connectivity index (χ0) is 15.5. The maximum Gasteiger partial charge on any atom is 0.161 e. The van der Waals surface area contributed by atoms with Crippen LogP contribution in [0.2, 0.25) is 0 Å². The quantitative estimate of drug-likeness (QED) is 0.921. The number of nitrogens with zero attached hydrogens (tertiary/aromatic N) is 2. The number of hydrogen-bond acceptors (Lipinski definition) is 4. The molecule has 5 heteroatoms. The van der Waals surface area contributed by atoms with E-state index in [9.17, 15) is 0 Å². The third-order valence-corrected chi connectivity index (χ3v) is 4.07. The highest BCUT2D eigenvalue weighted by atomic mass is 16.6. The van der Waals surface area contributed by atoms with Gasteiger partial charge in [-0.05, 0) is 32.9 Å². The van der Waals surface area contributed by atoms with E-state index in [1.807, 2.05) is 28.9 Å². The third-order valence-electron chi connectivity index (χ3n) is 4.07. The van der Waals surface area contributed by atoms with Crippen LogP contribution in [0, 0.1) is 13.8 Å². The molecule has 0 bridgehead atoms. The summed E-state index contributed by atoms with van der Waals surface area (Å²) >= 11 is 0. The summed E-state index contributed by atoms with van der Waals surface area (Å²) in [7, 11) is 0. The van der Waals surface area contributed by atoms with Gasteiger partial charge in [-0.2, -0.15) is 5.10 Å². The van der Waals surface area contributed by atoms with Crippen LogP contribution in [-0.2, 0) is 13.1 Å². The molecule has 3 rings (SSSR count). The van der Waals surface area contributed by atoms with Gasteiger partial charge in [-0.15, -0.1) is 0 Å². The minimum Gasteiger partial charge on any atom is -0.486 e. The zero-order valence-electron chi connectivity index (χ0n) is 13.4. The normalized spacial score (nSPS) is 16.8. The van der Waals surface area contributed by atoms with E-state index in [2.05, 4.69) is 31.2 Å². The number of ether oxygens (including phenoxy) is 2. The summed E-state index contributed by atoms with van der Waals surface area (Å²) in [5.41, 5.74) is 3.61. The summed E-state index contributed by atoms with van der Waals surface area (Å²) in [6, 6.07) is 7.80. The molecular weight excluding hydrogens is 278 g/mol. The van der Waals surface area contributed by atoms with Gasteiger partial charge in [0.25, 0.3) is 0 Å². The highest BCUT2D eigenvalue weighted by Gasteiger charge is 2.20. The average Bonchev–Trinajstić information content (AvgIpc) is 2.82. The lowest BCUT2D eigenvalue weighted by Gasteiger charge is -2.26. The molecule has 22 heavy (non-hydrogen) atoms. The van der Waals surface area contributed by atoms with E-state index in [4.69, 9.17) is 9.47 Å². The van der Waals surface area contributed by atoms with Crippen molar-refractivity contribution in [3.05, 3.63) is 41.2 Å². The number of fused-ring (bicyclic) bond motifs is 1. The number of rotatable bonds is 5. The molecule has 1 atom stereocenters. The molecule has 1 aromatic carbocycles. The van der Waals surface area contributed by atoms with Crippen molar-refractivity contribution in [3.8, 4) is 11.5 Å². The maximum absolute atomic E-state index is 5.95. The van der Waals surface area contributed by atoms with Crippen LogP contribution in [0.3, 0.4) is 0 Å². The summed E-state index contributed by atoms with van der Waals surface area (Å²) in [5, 5.41) is 8.01. The van der Waals surface area contributed by atoms with E-state index in [1.54, 1.807) is 0 Å². The Morgan fingerprint density at radius 3 is 2.77 bits per heavy atom. The molecule has 2 heterocycles. The highest BCUT2D eigenvalue weighted by Crippen LogP contribution is 2.30. The molecule has 2 aromatic rings. The predicted octanol–water partition coefficient (Wildman–Crippen LogP) is 2.45. The maximum atomic E-state index is 5.95. The molecule has 0 saturated carbocycles. The van der Waals surface area contributed by atoms with Crippen molar-refractivity contribution in [2.24, 2.45) is 0 Å². The van der Waals surface area contributed by atoms with Crippen molar-refractivity contribution in [3.63, 3.8) is 0 Å². The second-order valence-corrected chi connectivity index (χ2v) is 5.59. The van der Waals surface area contributed by atoms with Gasteiger partial charge >= 0.3 is 0 Å². The first-order valence-corrected chi connectivity index (χ1v) is 7.81. The van der Waals surface area contributed by atoms with Crippen molar-refractivity contribution >= 4 is 0 Å². The van der Waals surface area contributed by atoms with Gasteiger partial charge in [0.15, 0.2) is 11.5 Å². The first-order valence-electron chi connectivity index (χ1n) is 7.81. The molecule has 1 aliphatic rings. The van der Waals surface area contributed by atoms with Crippen molar-refractivity contribution in [2.75, 3.05) is 13.2 Å². The van der Waals surface area contributed by atoms with Gasteiger partial charge in [0, 0.05) is 30.9 Å². The smallest absolute Gasteiger partial charge is 0.161 e. The second-order valence-electron chi connectivity index (χ2n) is 5.59. The monoisotopic (exact) mass is 301 g/mol. The largest absolute Gasteiger partial charge is 0.486 e. The molecule has 1 aromatic heterocycles. The molecule has 5 nitrogen and oxygen atoms in total. The van der Waals surface area contributed by atoms with Crippen LogP contribution in [0.4, 0.5) is 0 Å². The van der Waals surface area contributed by atoms with E-state index in [0.29, 0.717) is 6.61 Å². The minimum absolute atomic E-state index is 0.0386. The number of aryl methyl sites for hydroxylation is 2. The summed E-state index contributed by atoms with van der Waals surface area (Å²) in [4.78, 5) is 0. The number of nitrogens with one attached hydrogen (secondary N) is 1. The molecule has 0 spiro atoms. The molecule has 0 amide bonds. The molecule has 1 aliphatic heterocycles. The van der Waals surface area contributed by atoms with Crippen molar-refractivity contribution in [1.29, 1.82) is 0 Å². The Labute approximate surface area is 131 Å². The van der Waals surface area contributed by atoms with Crippen LogP contribution >= 0.6 is 0 Å². The molecule has 0 unspecified atom stereocenters. The number of hydrogen-bond donors (Lipinski definition) is 1. The van der Waals surface area contributed by atoms with Crippen LogP contribution in [0.25, 0.3) is 0 Å². The van der Waals surface area contributed by atoms with E-state index in [-0.39, 0.29) is 6.10 Å². The summed E-state index contributed by atoms with van der Waals surface area (Å²) in [5.74, 6) is 1.65. The molecular formula is C17H23N3O2. The number of benzene rings is 1. The Bertz CT molecular complexity index is 651. The van der Waals surface area contributed by atoms with E-state index < -0.39 is 0 Å². The van der Waals surface area contributed by atoms with Gasteiger partial charge in [0.2, 0.25) is 0 Å². The standard InChI is InChI=1S/C17H23N3O2/c1-4-20-13(3)15(12(2)19-20)10-18-9-14-11-21-16-7-5-6-8-17(16)22-14/h5-8,14,18H,4,9-11H2,1-3H3/t14-/m0/s1. The first kappa shape index (κ1) is 14.9. The fraction of sp³-hybridized carbons (Fsp3) is 0.471. The van der Waals surface area contributed by atoms with E-state index in [1.165, 1.54) is 11.3 Å². The molecule has 118 valence electrons. The third kappa shape index (κ3) is 2.95. The summed E-state index contributed by atoms with van der Waals surface area (Å²) in [6.45, 7) is 9.34. The summed E-state index contributed by atoms with van der Waals surface area (Å²) < 4.78 is 13.7. The Morgan fingerprint density at radius 1 is 1.27 bits per heavy atom. The minimum atomic E-state index is 0.0386. The molecule has 1 N–H and O–H groups in total. The summed E-state index contributed by atoms with van der Waals surface area (Å²) in [6.07, 6.45) is 0.0386. The Hall–Kier alpha value is -2.01. The van der Waals surface area contributed by atoms with Crippen LogP contribution in [-0.4, -0.2) is 29.0 Å². The first-order chi connectivity index (χ1) is 10.7. The second kappa shape index (κ2) is 6.40. The topological polar surface area (TPSA) is 48.3 Å². The fourth-order valence-corrected chi connectivity index (χ4v) is 2.82. The predicted molar refractivity (Wildman–Crippen MR) is 85.4 cm³/mol. The van der Waals surface area contributed by atoms with Gasteiger partial charge in [-0.3, -0.25) is 4.68 Å². The highest BCUT2D eigenvalue weighted by molar-refractivity contribution is 5.40. The van der Waals surface area contributed by atoms with Crippen molar-refractivity contribution < 1.29 is 9.47 Å². The van der Waals surface area contributed by atoms with Crippen LogP contribution in [0.15, 0.2) is 24.3 Å². The average molecular weight is 301 g/mol. The number of aromatic nitrogens is 2. The van der Waals surface area contributed by atoms with Gasteiger partial charge in [0.1, 0.15) is 12.7 Å². The molecule has 0 aliphatic carbocycles. The van der Waals surface area contributed by atoms with E-state index >= 15 is 0 Å². The van der Waals surface area contributed by atoms with Crippen molar-refractivity contribution in [2.45, 2.75) is 40.0 Å². The molecule has 0 fully saturated rings. The van der Waals surface area contributed by atoms with Gasteiger partial charge in [0.05, 0.1) is 5.69 Å². The molecule has 0 radical (unpaired) electrons. The lowest BCUT2D eigenvalue weighted by molar-refractivity contribution is 0.0902. The zero-order valence-corrected chi connectivity index (χ0v) is 13.4.